The first-order valence-corrected chi connectivity index (χ1v) is 5.79. The zero-order chi connectivity index (χ0) is 12.6. The molecular weight excluding hydrogens is 220 g/mol. The summed E-state index contributed by atoms with van der Waals surface area (Å²) in [4.78, 5) is 13.6. The highest BCUT2D eigenvalue weighted by Gasteiger charge is 2.28. The van der Waals surface area contributed by atoms with Crippen molar-refractivity contribution in [1.82, 2.24) is 10.1 Å². The van der Waals surface area contributed by atoms with Gasteiger partial charge in [-0.05, 0) is 27.7 Å². The van der Waals surface area contributed by atoms with Crippen LogP contribution in [0.25, 0.3) is 0 Å². The topological polar surface area (TPSA) is 55.6 Å². The van der Waals surface area contributed by atoms with Crippen LogP contribution in [-0.4, -0.2) is 28.3 Å². The molecule has 0 spiro atoms. The molecule has 0 aliphatic carbocycles. The Morgan fingerprint density at radius 2 is 2.18 bits per heavy atom. The highest BCUT2D eigenvalue weighted by atomic mass is 16.6. The van der Waals surface area contributed by atoms with Crippen LogP contribution in [0.5, 0.6) is 0 Å². The van der Waals surface area contributed by atoms with Crippen LogP contribution < -0.4 is 0 Å². The van der Waals surface area contributed by atoms with Gasteiger partial charge >= 0.3 is 6.09 Å². The third-order valence-corrected chi connectivity index (χ3v) is 2.69. The Bertz CT molecular complexity index is 431. The molecule has 0 saturated heterocycles. The quantitative estimate of drug-likeness (QED) is 0.695. The van der Waals surface area contributed by atoms with Gasteiger partial charge in [0.1, 0.15) is 11.4 Å². The van der Waals surface area contributed by atoms with E-state index in [0.717, 1.165) is 23.4 Å². The number of ether oxygens (including phenoxy) is 1. The molecule has 2 rings (SSSR count). The number of amides is 1. The number of carbonyl (C=O) groups excluding carboxylic acids is 1. The fourth-order valence-electron chi connectivity index (χ4n) is 1.83. The zero-order valence-corrected chi connectivity index (χ0v) is 10.7. The second-order valence-electron chi connectivity index (χ2n) is 5.32. The number of hydrogen-bond acceptors (Lipinski definition) is 4. The first kappa shape index (κ1) is 12.0. The first-order valence-electron chi connectivity index (χ1n) is 5.79. The second kappa shape index (κ2) is 4.05. The number of hydrogen-bond donors (Lipinski definition) is 0. The number of carbonyl (C=O) groups is 1. The van der Waals surface area contributed by atoms with Crippen LogP contribution in [0.1, 0.15) is 37.8 Å². The third kappa shape index (κ3) is 2.60. The minimum atomic E-state index is -0.457. The van der Waals surface area contributed by atoms with E-state index in [9.17, 15) is 4.79 Å². The van der Waals surface area contributed by atoms with E-state index in [1.54, 1.807) is 4.90 Å². The van der Waals surface area contributed by atoms with Crippen LogP contribution in [0.2, 0.25) is 0 Å². The van der Waals surface area contributed by atoms with E-state index in [4.69, 9.17) is 9.26 Å². The van der Waals surface area contributed by atoms with Crippen molar-refractivity contribution in [2.45, 2.75) is 46.3 Å². The Morgan fingerprint density at radius 1 is 1.47 bits per heavy atom. The molecule has 1 aromatic heterocycles. The molecule has 1 amide bonds. The van der Waals surface area contributed by atoms with E-state index >= 15 is 0 Å². The largest absolute Gasteiger partial charge is 0.444 e. The fraction of sp³-hybridized carbons (Fsp3) is 0.667. The maximum atomic E-state index is 11.9. The molecule has 17 heavy (non-hydrogen) atoms. The van der Waals surface area contributed by atoms with Gasteiger partial charge in [-0.25, -0.2) is 4.79 Å². The number of aryl methyl sites for hydroxylation is 1. The van der Waals surface area contributed by atoms with Gasteiger partial charge in [-0.2, -0.15) is 0 Å². The molecule has 0 bridgehead atoms. The summed E-state index contributed by atoms with van der Waals surface area (Å²) in [5.41, 5.74) is 1.52. The summed E-state index contributed by atoms with van der Waals surface area (Å²) in [6, 6.07) is 0. The van der Waals surface area contributed by atoms with Gasteiger partial charge in [0, 0.05) is 18.5 Å². The van der Waals surface area contributed by atoms with Crippen LogP contribution in [0.15, 0.2) is 4.52 Å². The van der Waals surface area contributed by atoms with Gasteiger partial charge in [0.05, 0.1) is 12.2 Å². The van der Waals surface area contributed by atoms with E-state index in [-0.39, 0.29) is 6.09 Å². The molecule has 0 saturated carbocycles. The van der Waals surface area contributed by atoms with Crippen molar-refractivity contribution in [2.75, 3.05) is 6.54 Å². The van der Waals surface area contributed by atoms with Gasteiger partial charge in [-0.1, -0.05) is 5.16 Å². The van der Waals surface area contributed by atoms with Crippen molar-refractivity contribution in [3.63, 3.8) is 0 Å². The molecule has 94 valence electrons. The molecule has 1 aliphatic heterocycles. The van der Waals surface area contributed by atoms with Gasteiger partial charge in [-0.3, -0.25) is 0 Å². The summed E-state index contributed by atoms with van der Waals surface area (Å²) in [5, 5.41) is 3.97. The molecule has 0 unspecified atom stereocenters. The standard InChI is InChI=1S/C12H18N2O3/c1-8-9-7-14(6-5-10(9)13-17-8)11(15)16-12(2,3)4/h5-7H2,1-4H3. The lowest BCUT2D eigenvalue weighted by Gasteiger charge is -2.29. The average Bonchev–Trinajstić information content (AvgIpc) is 2.57. The first-order chi connectivity index (χ1) is 7.87. The molecule has 1 aromatic rings. The minimum Gasteiger partial charge on any atom is -0.444 e. The molecule has 2 heterocycles. The monoisotopic (exact) mass is 238 g/mol. The Balaban J connectivity index is 2.07. The molecule has 0 N–H and O–H groups in total. The van der Waals surface area contributed by atoms with Crippen molar-refractivity contribution in [1.29, 1.82) is 0 Å². The number of rotatable bonds is 0. The van der Waals surface area contributed by atoms with Gasteiger partial charge < -0.3 is 14.2 Å². The number of fused-ring (bicyclic) bond motifs is 1. The Hall–Kier alpha value is -1.52. The lowest BCUT2D eigenvalue weighted by atomic mass is 10.1. The molecule has 5 nitrogen and oxygen atoms in total. The van der Waals surface area contributed by atoms with Crippen molar-refractivity contribution < 1.29 is 14.1 Å². The smallest absolute Gasteiger partial charge is 0.410 e. The van der Waals surface area contributed by atoms with Crippen molar-refractivity contribution in [3.05, 3.63) is 17.0 Å². The molecule has 0 radical (unpaired) electrons. The van der Waals surface area contributed by atoms with E-state index in [0.29, 0.717) is 13.1 Å². The van der Waals surface area contributed by atoms with Crippen molar-refractivity contribution in [2.24, 2.45) is 0 Å². The molecule has 1 aliphatic rings. The van der Waals surface area contributed by atoms with Crippen molar-refractivity contribution in [3.8, 4) is 0 Å². The summed E-state index contributed by atoms with van der Waals surface area (Å²) < 4.78 is 10.5. The number of aromatic nitrogens is 1. The van der Waals surface area contributed by atoms with Crippen LogP contribution in [0.3, 0.4) is 0 Å². The van der Waals surface area contributed by atoms with Crippen LogP contribution >= 0.6 is 0 Å². The minimum absolute atomic E-state index is 0.274. The SMILES string of the molecule is Cc1onc2c1CN(C(=O)OC(C)(C)C)CC2. The fourth-order valence-corrected chi connectivity index (χ4v) is 1.83. The van der Waals surface area contributed by atoms with Gasteiger partial charge in [0.2, 0.25) is 0 Å². The molecule has 0 fully saturated rings. The summed E-state index contributed by atoms with van der Waals surface area (Å²) in [7, 11) is 0. The second-order valence-corrected chi connectivity index (χ2v) is 5.32. The number of nitrogens with zero attached hydrogens (tertiary/aromatic N) is 2. The van der Waals surface area contributed by atoms with E-state index in [1.165, 1.54) is 0 Å². The van der Waals surface area contributed by atoms with Crippen LogP contribution in [0.4, 0.5) is 4.79 Å². The summed E-state index contributed by atoms with van der Waals surface area (Å²) in [5.74, 6) is 0.785. The Kier molecular flexibility index (Phi) is 2.85. The lowest BCUT2D eigenvalue weighted by molar-refractivity contribution is 0.0223. The highest BCUT2D eigenvalue weighted by Crippen LogP contribution is 2.22. The van der Waals surface area contributed by atoms with Gasteiger partial charge in [0.25, 0.3) is 0 Å². The molecular formula is C12H18N2O3. The molecule has 5 heteroatoms. The molecule has 0 atom stereocenters. The Morgan fingerprint density at radius 3 is 2.82 bits per heavy atom. The van der Waals surface area contributed by atoms with Crippen molar-refractivity contribution >= 4 is 6.09 Å². The van der Waals surface area contributed by atoms with Gasteiger partial charge in [0.15, 0.2) is 0 Å². The van der Waals surface area contributed by atoms with Crippen LogP contribution in [0, 0.1) is 6.92 Å². The lowest BCUT2D eigenvalue weighted by Crippen LogP contribution is -2.39. The van der Waals surface area contributed by atoms with E-state index < -0.39 is 5.60 Å². The Labute approximate surface area is 101 Å². The summed E-state index contributed by atoms with van der Waals surface area (Å²) in [6.07, 6.45) is 0.454. The predicted octanol–water partition coefficient (Wildman–Crippen LogP) is 2.28. The summed E-state index contributed by atoms with van der Waals surface area (Å²) >= 11 is 0. The van der Waals surface area contributed by atoms with E-state index in [2.05, 4.69) is 5.16 Å². The third-order valence-electron chi connectivity index (χ3n) is 2.69. The predicted molar refractivity (Wildman–Crippen MR) is 61.6 cm³/mol. The zero-order valence-electron chi connectivity index (χ0n) is 10.7. The normalized spacial score (nSPS) is 15.6. The maximum absolute atomic E-state index is 11.9. The van der Waals surface area contributed by atoms with E-state index in [1.807, 2.05) is 27.7 Å². The van der Waals surface area contributed by atoms with Gasteiger partial charge in [-0.15, -0.1) is 0 Å². The molecule has 0 aromatic carbocycles. The van der Waals surface area contributed by atoms with Crippen LogP contribution in [-0.2, 0) is 17.7 Å². The average molecular weight is 238 g/mol. The highest BCUT2D eigenvalue weighted by molar-refractivity contribution is 5.68. The maximum Gasteiger partial charge on any atom is 0.410 e. The summed E-state index contributed by atoms with van der Waals surface area (Å²) in [6.45, 7) is 8.62.